The maximum Gasteiger partial charge on any atom is 0.272 e. The van der Waals surface area contributed by atoms with Crippen LogP contribution in [0.1, 0.15) is 73.6 Å². The summed E-state index contributed by atoms with van der Waals surface area (Å²) < 4.78 is 11.2. The fourth-order valence-corrected chi connectivity index (χ4v) is 5.39. The molecule has 2 unspecified atom stereocenters. The Morgan fingerprint density at radius 2 is 1.86 bits per heavy atom. The minimum atomic E-state index is 0.00626. The lowest BCUT2D eigenvalue weighted by molar-refractivity contribution is -0.0725. The number of likely N-dealkylation sites (tertiary alicyclic amines) is 1. The molecule has 1 aromatic heterocycles. The summed E-state index contributed by atoms with van der Waals surface area (Å²) in [5.74, 6) is 1.90. The molecule has 2 aliphatic rings. The Hall–Kier alpha value is -2.51. The number of aromatic nitrogens is 2. The van der Waals surface area contributed by atoms with Gasteiger partial charge >= 0.3 is 0 Å². The van der Waals surface area contributed by atoms with E-state index in [0.29, 0.717) is 36.5 Å². The van der Waals surface area contributed by atoms with Gasteiger partial charge < -0.3 is 19.7 Å². The van der Waals surface area contributed by atoms with Crippen molar-refractivity contribution in [1.29, 1.82) is 0 Å². The van der Waals surface area contributed by atoms with Crippen molar-refractivity contribution in [2.45, 2.75) is 71.4 Å². The predicted octanol–water partition coefficient (Wildman–Crippen LogP) is 4.99. The molecule has 7 nitrogen and oxygen atoms in total. The summed E-state index contributed by atoms with van der Waals surface area (Å²) in [5, 5.41) is 3.40. The molecule has 196 valence electrons. The highest BCUT2D eigenvalue weighted by atomic mass is 16.5. The fraction of sp³-hybridized carbons (Fsp3) is 0.621. The number of hydrogen-bond donors (Lipinski definition) is 1. The second kappa shape index (κ2) is 11.7. The van der Waals surface area contributed by atoms with Crippen LogP contribution in [0.15, 0.2) is 30.6 Å². The van der Waals surface area contributed by atoms with Crippen LogP contribution in [0.2, 0.25) is 0 Å². The van der Waals surface area contributed by atoms with Crippen molar-refractivity contribution in [3.63, 3.8) is 0 Å². The molecule has 2 atom stereocenters. The lowest BCUT2D eigenvalue weighted by Gasteiger charge is -2.37. The molecule has 0 spiro atoms. The van der Waals surface area contributed by atoms with Gasteiger partial charge in [-0.3, -0.25) is 4.79 Å². The molecular weight excluding hydrogens is 452 g/mol. The molecule has 4 rings (SSSR count). The lowest BCUT2D eigenvalue weighted by Crippen LogP contribution is -2.41. The number of nitrogens with zero attached hydrogens (tertiary/aromatic N) is 3. The molecule has 0 aliphatic carbocycles. The Bertz CT molecular complexity index is 1010. The molecule has 2 aromatic rings. The van der Waals surface area contributed by atoms with Gasteiger partial charge in [0.2, 0.25) is 0 Å². The molecule has 3 heterocycles. The van der Waals surface area contributed by atoms with Gasteiger partial charge in [-0.2, -0.15) is 0 Å². The van der Waals surface area contributed by atoms with Crippen LogP contribution >= 0.6 is 0 Å². The van der Waals surface area contributed by atoms with Gasteiger partial charge in [-0.25, -0.2) is 9.97 Å². The van der Waals surface area contributed by atoms with Crippen LogP contribution in [-0.2, 0) is 21.4 Å². The molecule has 1 N–H and O–H groups in total. The lowest BCUT2D eigenvalue weighted by atomic mass is 9.82. The van der Waals surface area contributed by atoms with E-state index in [0.717, 1.165) is 50.9 Å². The summed E-state index contributed by atoms with van der Waals surface area (Å²) in [5.41, 5.74) is 3.93. The Labute approximate surface area is 216 Å². The van der Waals surface area contributed by atoms with Crippen molar-refractivity contribution >= 4 is 11.7 Å². The van der Waals surface area contributed by atoms with Gasteiger partial charge in [0.05, 0.1) is 12.7 Å². The van der Waals surface area contributed by atoms with Crippen molar-refractivity contribution in [2.75, 3.05) is 38.7 Å². The predicted molar refractivity (Wildman–Crippen MR) is 142 cm³/mol. The molecule has 0 radical (unpaired) electrons. The molecule has 2 saturated heterocycles. The van der Waals surface area contributed by atoms with E-state index in [1.54, 1.807) is 7.11 Å². The summed E-state index contributed by atoms with van der Waals surface area (Å²) >= 11 is 0. The van der Waals surface area contributed by atoms with Crippen LogP contribution in [-0.4, -0.2) is 60.3 Å². The first-order chi connectivity index (χ1) is 17.3. The minimum Gasteiger partial charge on any atom is -0.379 e. The largest absolute Gasteiger partial charge is 0.379 e. The Morgan fingerprint density at radius 3 is 2.53 bits per heavy atom. The zero-order valence-corrected chi connectivity index (χ0v) is 22.5. The quantitative estimate of drug-likeness (QED) is 0.585. The molecule has 2 fully saturated rings. The number of ether oxygens (including phenoxy) is 2. The summed E-state index contributed by atoms with van der Waals surface area (Å²) in [6.45, 7) is 12.3. The van der Waals surface area contributed by atoms with Gasteiger partial charge in [0, 0.05) is 38.9 Å². The normalized spacial score (nSPS) is 21.4. The van der Waals surface area contributed by atoms with Crippen molar-refractivity contribution in [2.24, 2.45) is 11.8 Å². The number of hydrogen-bond acceptors (Lipinski definition) is 6. The van der Waals surface area contributed by atoms with Crippen LogP contribution < -0.4 is 5.32 Å². The third kappa shape index (κ3) is 6.43. The van der Waals surface area contributed by atoms with E-state index in [4.69, 9.17) is 9.47 Å². The Balaban J connectivity index is 1.32. The Morgan fingerprint density at radius 1 is 1.14 bits per heavy atom. The summed E-state index contributed by atoms with van der Waals surface area (Å²) in [4.78, 5) is 24.1. The monoisotopic (exact) mass is 494 g/mol. The highest BCUT2D eigenvalue weighted by molar-refractivity contribution is 5.94. The van der Waals surface area contributed by atoms with Crippen LogP contribution in [0.25, 0.3) is 0 Å². The number of benzene rings is 1. The molecule has 1 aromatic carbocycles. The molecule has 1 amide bonds. The first-order valence-electron chi connectivity index (χ1n) is 13.3. The molecule has 2 aliphatic heterocycles. The minimum absolute atomic E-state index is 0.00626. The molecule has 7 heteroatoms. The molecule has 0 saturated carbocycles. The SMILES string of the molecule is COC1COCCC1CC1CCN(C(=O)c2ncnc(NCc3ccc(C(C)(C)C)cc3)c2C)CC1. The van der Waals surface area contributed by atoms with Gasteiger partial charge in [0.1, 0.15) is 17.8 Å². The van der Waals surface area contributed by atoms with E-state index in [-0.39, 0.29) is 17.4 Å². The number of piperidine rings is 1. The highest BCUT2D eigenvalue weighted by Crippen LogP contribution is 2.31. The fourth-order valence-electron chi connectivity index (χ4n) is 5.39. The van der Waals surface area contributed by atoms with E-state index in [1.165, 1.54) is 17.5 Å². The number of carbonyl (C=O) groups is 1. The third-order valence-corrected chi connectivity index (χ3v) is 7.85. The van der Waals surface area contributed by atoms with Gasteiger partial charge in [-0.15, -0.1) is 0 Å². The number of amides is 1. The zero-order chi connectivity index (χ0) is 25.7. The van der Waals surface area contributed by atoms with Crippen molar-refractivity contribution in [3.05, 3.63) is 53.0 Å². The van der Waals surface area contributed by atoms with E-state index in [9.17, 15) is 4.79 Å². The number of nitrogens with one attached hydrogen (secondary N) is 1. The summed E-state index contributed by atoms with van der Waals surface area (Å²) in [6, 6.07) is 8.66. The number of anilines is 1. The van der Waals surface area contributed by atoms with Crippen molar-refractivity contribution in [1.82, 2.24) is 14.9 Å². The van der Waals surface area contributed by atoms with E-state index >= 15 is 0 Å². The van der Waals surface area contributed by atoms with Gasteiger partial charge in [-0.05, 0) is 61.0 Å². The van der Waals surface area contributed by atoms with Gasteiger partial charge in [-0.1, -0.05) is 45.0 Å². The molecule has 36 heavy (non-hydrogen) atoms. The average Bonchev–Trinajstić information content (AvgIpc) is 2.88. The standard InChI is InChI=1S/C29H42N4O3/c1-20-26(31-19-32-27(20)30-17-22-6-8-24(9-7-22)29(2,3)4)28(34)33-13-10-21(11-14-33)16-23-12-15-36-18-25(23)35-5/h6-9,19,21,23,25H,10-18H2,1-5H3,(H,30,31,32). The maximum atomic E-state index is 13.3. The van der Waals surface area contributed by atoms with Crippen molar-refractivity contribution < 1.29 is 14.3 Å². The third-order valence-electron chi connectivity index (χ3n) is 7.85. The smallest absolute Gasteiger partial charge is 0.272 e. The average molecular weight is 495 g/mol. The number of methoxy groups -OCH3 is 1. The first kappa shape index (κ1) is 26.6. The maximum absolute atomic E-state index is 13.3. The second-order valence-corrected chi connectivity index (χ2v) is 11.4. The van der Waals surface area contributed by atoms with E-state index in [2.05, 4.69) is 60.3 Å². The van der Waals surface area contributed by atoms with Crippen molar-refractivity contribution in [3.8, 4) is 0 Å². The van der Waals surface area contributed by atoms with Gasteiger partial charge in [0.25, 0.3) is 5.91 Å². The number of rotatable bonds is 7. The van der Waals surface area contributed by atoms with Crippen LogP contribution in [0, 0.1) is 18.8 Å². The molecule has 0 bridgehead atoms. The van der Waals surface area contributed by atoms with E-state index < -0.39 is 0 Å². The summed E-state index contributed by atoms with van der Waals surface area (Å²) in [6.07, 6.45) is 5.96. The topological polar surface area (TPSA) is 76.6 Å². The van der Waals surface area contributed by atoms with Gasteiger partial charge in [0.15, 0.2) is 0 Å². The molecular formula is C29H42N4O3. The van der Waals surface area contributed by atoms with Crippen LogP contribution in [0.5, 0.6) is 0 Å². The second-order valence-electron chi connectivity index (χ2n) is 11.4. The number of carbonyl (C=O) groups excluding carboxylic acids is 1. The first-order valence-corrected chi connectivity index (χ1v) is 13.3. The van der Waals surface area contributed by atoms with Crippen LogP contribution in [0.4, 0.5) is 5.82 Å². The van der Waals surface area contributed by atoms with E-state index in [1.807, 2.05) is 11.8 Å². The summed E-state index contributed by atoms with van der Waals surface area (Å²) in [7, 11) is 1.78. The van der Waals surface area contributed by atoms with Crippen LogP contribution in [0.3, 0.4) is 0 Å². The zero-order valence-electron chi connectivity index (χ0n) is 22.5. The highest BCUT2D eigenvalue weighted by Gasteiger charge is 2.31. The Kier molecular flexibility index (Phi) is 8.62.